The number of nitrogens with zero attached hydrogens (tertiary/aromatic N) is 1. The number of nitrogens with one attached hydrogen (secondary N) is 1. The molecule has 166 valence electrons. The molecule has 0 radical (unpaired) electrons. The van der Waals surface area contributed by atoms with Gasteiger partial charge in [-0.15, -0.1) is 0 Å². The Morgan fingerprint density at radius 1 is 1.13 bits per heavy atom. The number of ketones is 1. The number of carbonyl (C=O) groups is 5. The Hall–Kier alpha value is -3.23. The third kappa shape index (κ3) is 4.17. The zero-order valence-corrected chi connectivity index (χ0v) is 18.0. The van der Waals surface area contributed by atoms with Crippen LogP contribution < -0.4 is 0 Å². The average molecular weight is 430 g/mol. The van der Waals surface area contributed by atoms with Gasteiger partial charge in [0.05, 0.1) is 29.7 Å². The molecule has 1 N–H and O–H groups in total. The second kappa shape index (κ2) is 8.87. The van der Waals surface area contributed by atoms with Crippen molar-refractivity contribution in [2.75, 3.05) is 13.2 Å². The number of hydrogen-bond donors (Lipinski definition) is 1. The van der Waals surface area contributed by atoms with Crippen LogP contribution >= 0.6 is 0 Å². The van der Waals surface area contributed by atoms with Crippen LogP contribution in [0.15, 0.2) is 12.2 Å². The normalized spacial score (nSPS) is 21.1. The Kier molecular flexibility index (Phi) is 6.42. The van der Waals surface area contributed by atoms with Gasteiger partial charge in [-0.05, 0) is 46.1 Å². The summed E-state index contributed by atoms with van der Waals surface area (Å²) in [6, 6.07) is 0. The third-order valence-electron chi connectivity index (χ3n) is 5.73. The zero-order valence-electron chi connectivity index (χ0n) is 18.0. The summed E-state index contributed by atoms with van der Waals surface area (Å²) < 4.78 is 10.2. The van der Waals surface area contributed by atoms with E-state index in [4.69, 9.17) is 9.47 Å². The minimum Gasteiger partial charge on any atom is -0.462 e. The number of aryl methyl sites for hydroxylation is 1. The molecule has 0 aromatic carbocycles. The van der Waals surface area contributed by atoms with Crippen LogP contribution in [0.3, 0.4) is 0 Å². The summed E-state index contributed by atoms with van der Waals surface area (Å²) in [6.07, 6.45) is 3.50. The van der Waals surface area contributed by atoms with E-state index < -0.39 is 42.2 Å². The first-order valence-corrected chi connectivity index (χ1v) is 10.3. The van der Waals surface area contributed by atoms with Crippen LogP contribution in [0, 0.1) is 25.7 Å². The first-order valence-electron chi connectivity index (χ1n) is 10.3. The van der Waals surface area contributed by atoms with Crippen molar-refractivity contribution < 1.29 is 33.4 Å². The van der Waals surface area contributed by atoms with Gasteiger partial charge in [0.1, 0.15) is 6.54 Å². The number of fused-ring (bicyclic) bond motifs is 1. The lowest BCUT2D eigenvalue weighted by Crippen LogP contribution is -2.38. The number of allylic oxidation sites excluding steroid dienone is 2. The van der Waals surface area contributed by atoms with E-state index in [9.17, 15) is 24.0 Å². The summed E-state index contributed by atoms with van der Waals surface area (Å²) in [5.74, 6) is -3.55. The minimum absolute atomic E-state index is 0.145. The lowest BCUT2D eigenvalue weighted by atomic mass is 9.85. The van der Waals surface area contributed by atoms with Crippen molar-refractivity contribution in [3.63, 3.8) is 0 Å². The number of rotatable bonds is 7. The number of H-pyrrole nitrogens is 1. The van der Waals surface area contributed by atoms with Crippen LogP contribution in [0.2, 0.25) is 0 Å². The number of ether oxygens (including phenoxy) is 2. The molecule has 1 aromatic heterocycles. The first-order chi connectivity index (χ1) is 14.7. The minimum atomic E-state index is -1.17. The molecule has 1 aromatic rings. The van der Waals surface area contributed by atoms with Gasteiger partial charge in [0, 0.05) is 5.69 Å². The predicted octanol–water partition coefficient (Wildman–Crippen LogP) is 1.87. The molecule has 1 fully saturated rings. The Balaban J connectivity index is 1.66. The fraction of sp³-hybridized carbons (Fsp3) is 0.500. The Morgan fingerprint density at radius 3 is 2.26 bits per heavy atom. The van der Waals surface area contributed by atoms with Crippen molar-refractivity contribution in [1.82, 2.24) is 9.88 Å². The van der Waals surface area contributed by atoms with Crippen LogP contribution in [0.5, 0.6) is 0 Å². The summed E-state index contributed by atoms with van der Waals surface area (Å²) in [4.78, 5) is 66.0. The third-order valence-corrected chi connectivity index (χ3v) is 5.73. The van der Waals surface area contributed by atoms with Gasteiger partial charge in [0.2, 0.25) is 17.6 Å². The predicted molar refractivity (Wildman–Crippen MR) is 108 cm³/mol. The van der Waals surface area contributed by atoms with Gasteiger partial charge >= 0.3 is 11.9 Å². The van der Waals surface area contributed by atoms with Gasteiger partial charge in [0.15, 0.2) is 6.10 Å². The number of hydrogen-bond acceptors (Lipinski definition) is 7. The van der Waals surface area contributed by atoms with E-state index in [1.54, 1.807) is 20.8 Å². The molecule has 31 heavy (non-hydrogen) atoms. The highest BCUT2D eigenvalue weighted by Crippen LogP contribution is 2.34. The molecule has 2 aliphatic rings. The highest BCUT2D eigenvalue weighted by atomic mass is 16.5. The zero-order chi connectivity index (χ0) is 22.9. The van der Waals surface area contributed by atoms with E-state index in [0.717, 1.165) is 4.90 Å². The van der Waals surface area contributed by atoms with Gasteiger partial charge in [-0.3, -0.25) is 24.1 Å². The number of aromatic nitrogens is 1. The molecule has 0 bridgehead atoms. The number of imide groups is 1. The summed E-state index contributed by atoms with van der Waals surface area (Å²) in [5, 5.41) is 0. The van der Waals surface area contributed by atoms with E-state index in [1.807, 2.05) is 12.2 Å². The van der Waals surface area contributed by atoms with Crippen LogP contribution in [0.1, 0.15) is 58.8 Å². The Morgan fingerprint density at radius 2 is 1.71 bits per heavy atom. The standard InChI is InChI=1S/C22H26N2O7/c1-5-30-22(29)17-11(2)18(23-12(17)3)19(26)13(4)31-16(25)10-24-20(27)14-8-6-7-9-15(14)21(24)28/h6-7,13-15,23H,5,8-10H2,1-4H3/t13-,14+,15+/m0/s1. The van der Waals surface area contributed by atoms with E-state index in [1.165, 1.54) is 6.92 Å². The smallest absolute Gasteiger partial charge is 0.340 e. The van der Waals surface area contributed by atoms with Crippen LogP contribution in [-0.2, 0) is 23.9 Å². The van der Waals surface area contributed by atoms with Crippen LogP contribution in [0.25, 0.3) is 0 Å². The number of aromatic amines is 1. The van der Waals surface area contributed by atoms with Gasteiger partial charge in [-0.25, -0.2) is 4.79 Å². The first kappa shape index (κ1) is 22.5. The van der Waals surface area contributed by atoms with E-state index in [2.05, 4.69) is 4.98 Å². The maximum Gasteiger partial charge on any atom is 0.340 e. The number of carbonyl (C=O) groups excluding carboxylic acids is 5. The summed E-state index contributed by atoms with van der Waals surface area (Å²) in [5.41, 5.74) is 1.30. The van der Waals surface area contributed by atoms with E-state index in [-0.39, 0.29) is 29.7 Å². The second-order valence-electron chi connectivity index (χ2n) is 7.76. The molecular weight excluding hydrogens is 404 g/mol. The van der Waals surface area contributed by atoms with Crippen molar-refractivity contribution in [1.29, 1.82) is 0 Å². The van der Waals surface area contributed by atoms with Crippen molar-refractivity contribution in [3.05, 3.63) is 34.7 Å². The van der Waals surface area contributed by atoms with E-state index >= 15 is 0 Å². The fourth-order valence-corrected chi connectivity index (χ4v) is 4.15. The molecule has 2 amide bonds. The van der Waals surface area contributed by atoms with Gasteiger partial charge < -0.3 is 14.5 Å². The molecule has 3 atom stereocenters. The van der Waals surface area contributed by atoms with E-state index in [0.29, 0.717) is 24.1 Å². The number of Topliss-reactive ketones (excluding diaryl/α,β-unsaturated/α-hetero) is 1. The molecule has 2 heterocycles. The average Bonchev–Trinajstić information content (AvgIpc) is 3.16. The molecule has 1 aliphatic heterocycles. The Labute approximate surface area is 179 Å². The monoisotopic (exact) mass is 430 g/mol. The SMILES string of the molecule is CCOC(=O)c1c(C)[nH]c(C(=O)[C@H](C)OC(=O)CN2C(=O)[C@@H]3CC=CC[C@H]3C2=O)c1C. The molecule has 1 saturated heterocycles. The quantitative estimate of drug-likeness (QED) is 0.303. The van der Waals surface area contributed by atoms with Crippen molar-refractivity contribution in [2.24, 2.45) is 11.8 Å². The second-order valence-corrected chi connectivity index (χ2v) is 7.76. The fourth-order valence-electron chi connectivity index (χ4n) is 4.15. The molecule has 9 heteroatoms. The molecule has 1 aliphatic carbocycles. The van der Waals surface area contributed by atoms with Crippen LogP contribution in [-0.4, -0.2) is 58.7 Å². The summed E-state index contributed by atoms with van der Waals surface area (Å²) in [6.45, 7) is 6.01. The maximum atomic E-state index is 12.8. The Bertz CT molecular complexity index is 949. The summed E-state index contributed by atoms with van der Waals surface area (Å²) >= 11 is 0. The van der Waals surface area contributed by atoms with Gasteiger partial charge in [0.25, 0.3) is 0 Å². The molecule has 0 saturated carbocycles. The van der Waals surface area contributed by atoms with Gasteiger partial charge in [-0.1, -0.05) is 12.2 Å². The number of esters is 2. The highest BCUT2D eigenvalue weighted by Gasteiger charge is 2.48. The molecular formula is C22H26N2O7. The largest absolute Gasteiger partial charge is 0.462 e. The lowest BCUT2D eigenvalue weighted by Gasteiger charge is -2.16. The molecule has 9 nitrogen and oxygen atoms in total. The van der Waals surface area contributed by atoms with Crippen LogP contribution in [0.4, 0.5) is 0 Å². The lowest BCUT2D eigenvalue weighted by molar-refractivity contribution is -0.154. The van der Waals surface area contributed by atoms with Crippen molar-refractivity contribution in [2.45, 2.75) is 46.6 Å². The number of amides is 2. The molecule has 3 rings (SSSR count). The maximum absolute atomic E-state index is 12.8. The molecule has 0 spiro atoms. The molecule has 0 unspecified atom stereocenters. The van der Waals surface area contributed by atoms with Crippen molar-refractivity contribution in [3.8, 4) is 0 Å². The summed E-state index contributed by atoms with van der Waals surface area (Å²) in [7, 11) is 0. The van der Waals surface area contributed by atoms with Gasteiger partial charge in [-0.2, -0.15) is 0 Å². The number of likely N-dealkylation sites (tertiary alicyclic amines) is 1. The topological polar surface area (TPSA) is 123 Å². The van der Waals surface area contributed by atoms with Crippen molar-refractivity contribution >= 4 is 29.5 Å². The highest BCUT2D eigenvalue weighted by molar-refractivity contribution is 6.08.